The van der Waals surface area contributed by atoms with Gasteiger partial charge in [0.15, 0.2) is 0 Å². The van der Waals surface area contributed by atoms with Crippen LogP contribution in [-0.2, 0) is 7.05 Å². The van der Waals surface area contributed by atoms with Crippen LogP contribution in [0.3, 0.4) is 0 Å². The fourth-order valence-corrected chi connectivity index (χ4v) is 3.91. The fourth-order valence-electron chi connectivity index (χ4n) is 3.91. The average molecular weight is 289 g/mol. The second kappa shape index (κ2) is 6.12. The molecule has 0 aromatic carbocycles. The smallest absolute Gasteiger partial charge is 0.318 e. The average Bonchev–Trinajstić information content (AvgIpc) is 3.09. The summed E-state index contributed by atoms with van der Waals surface area (Å²) in [7, 11) is 2.06. The van der Waals surface area contributed by atoms with Crippen LogP contribution in [0.15, 0.2) is 18.3 Å². The van der Waals surface area contributed by atoms with Crippen molar-refractivity contribution >= 4 is 6.03 Å². The van der Waals surface area contributed by atoms with E-state index >= 15 is 0 Å². The Bertz CT molecular complexity index is 496. The number of aromatic nitrogens is 1. The molecule has 2 fully saturated rings. The summed E-state index contributed by atoms with van der Waals surface area (Å²) in [5.74, 6) is 0.610. The van der Waals surface area contributed by atoms with Gasteiger partial charge in [-0.25, -0.2) is 4.79 Å². The number of likely N-dealkylation sites (tertiary alicyclic amines) is 1. The quantitative estimate of drug-likeness (QED) is 0.889. The van der Waals surface area contributed by atoms with Crippen molar-refractivity contribution in [3.05, 3.63) is 24.0 Å². The normalized spacial score (nSPS) is 29.6. The van der Waals surface area contributed by atoms with Crippen LogP contribution in [0.1, 0.15) is 57.2 Å². The molecule has 21 heavy (non-hydrogen) atoms. The van der Waals surface area contributed by atoms with Crippen LogP contribution in [0.4, 0.5) is 4.79 Å². The number of hydrogen-bond donors (Lipinski definition) is 1. The molecule has 0 spiro atoms. The molecule has 1 aliphatic carbocycles. The number of nitrogens with one attached hydrogen (secondary N) is 1. The number of carbonyl (C=O) groups excluding carboxylic acids is 1. The first-order valence-electron chi connectivity index (χ1n) is 8.35. The molecule has 4 nitrogen and oxygen atoms in total. The number of amides is 2. The lowest BCUT2D eigenvalue weighted by Gasteiger charge is -2.33. The molecule has 1 saturated carbocycles. The minimum Gasteiger partial charge on any atom is -0.353 e. The fraction of sp³-hybridized carbons (Fsp3) is 0.706. The van der Waals surface area contributed by atoms with Gasteiger partial charge in [0, 0.05) is 31.5 Å². The zero-order chi connectivity index (χ0) is 14.8. The molecule has 2 aliphatic rings. The van der Waals surface area contributed by atoms with Gasteiger partial charge >= 0.3 is 6.03 Å². The summed E-state index contributed by atoms with van der Waals surface area (Å²) in [4.78, 5) is 14.7. The van der Waals surface area contributed by atoms with E-state index in [4.69, 9.17) is 0 Å². The standard InChI is InChI=1S/C17H27N3O/c1-13-7-3-4-8-14(13)18-17(21)20-12-6-10-16(20)15-9-5-11-19(15)2/h5,9,11,13-14,16H,3-4,6-8,10,12H2,1-2H3,(H,18,21). The van der Waals surface area contributed by atoms with Crippen LogP contribution < -0.4 is 5.32 Å². The molecule has 3 atom stereocenters. The SMILES string of the molecule is CC1CCCCC1NC(=O)N1CCCC1c1cccn1C. The van der Waals surface area contributed by atoms with Gasteiger partial charge in [-0.2, -0.15) is 0 Å². The van der Waals surface area contributed by atoms with Gasteiger partial charge in [0.1, 0.15) is 0 Å². The van der Waals surface area contributed by atoms with E-state index < -0.39 is 0 Å². The Labute approximate surface area is 127 Å². The van der Waals surface area contributed by atoms with Crippen LogP contribution in [0.2, 0.25) is 0 Å². The lowest BCUT2D eigenvalue weighted by molar-refractivity contribution is 0.176. The highest BCUT2D eigenvalue weighted by molar-refractivity contribution is 5.75. The summed E-state index contributed by atoms with van der Waals surface area (Å²) in [6.07, 6.45) is 9.17. The molecule has 1 aliphatic heterocycles. The van der Waals surface area contributed by atoms with Gasteiger partial charge in [0.05, 0.1) is 6.04 Å². The molecule has 3 rings (SSSR count). The molecule has 4 heteroatoms. The van der Waals surface area contributed by atoms with E-state index in [1.54, 1.807) is 0 Å². The zero-order valence-electron chi connectivity index (χ0n) is 13.2. The number of urea groups is 1. The monoisotopic (exact) mass is 289 g/mol. The number of rotatable bonds is 2. The Hall–Kier alpha value is -1.45. The maximum Gasteiger partial charge on any atom is 0.318 e. The van der Waals surface area contributed by atoms with Crippen molar-refractivity contribution in [1.29, 1.82) is 0 Å². The third kappa shape index (κ3) is 2.94. The van der Waals surface area contributed by atoms with Crippen molar-refractivity contribution in [3.8, 4) is 0 Å². The molecule has 0 bridgehead atoms. The largest absolute Gasteiger partial charge is 0.353 e. The second-order valence-electron chi connectivity index (χ2n) is 6.71. The number of aryl methyl sites for hydroxylation is 1. The van der Waals surface area contributed by atoms with Crippen LogP contribution in [-0.4, -0.2) is 28.1 Å². The first-order chi connectivity index (χ1) is 10.2. The molecule has 1 aromatic heterocycles. The Balaban J connectivity index is 1.67. The van der Waals surface area contributed by atoms with Gasteiger partial charge in [-0.3, -0.25) is 0 Å². The molecule has 0 radical (unpaired) electrons. The summed E-state index contributed by atoms with van der Waals surface area (Å²) in [6, 6.07) is 4.94. The molecule has 1 N–H and O–H groups in total. The van der Waals surface area contributed by atoms with Gasteiger partial charge in [0.2, 0.25) is 0 Å². The highest BCUT2D eigenvalue weighted by atomic mass is 16.2. The molecule has 2 amide bonds. The van der Waals surface area contributed by atoms with Crippen molar-refractivity contribution in [1.82, 2.24) is 14.8 Å². The Morgan fingerprint density at radius 2 is 2.05 bits per heavy atom. The van der Waals surface area contributed by atoms with Gasteiger partial charge in [-0.1, -0.05) is 19.8 Å². The third-order valence-electron chi connectivity index (χ3n) is 5.26. The highest BCUT2D eigenvalue weighted by Crippen LogP contribution is 2.32. The molecular formula is C17H27N3O. The van der Waals surface area contributed by atoms with Crippen LogP contribution in [0.5, 0.6) is 0 Å². The Morgan fingerprint density at radius 1 is 1.24 bits per heavy atom. The number of nitrogens with zero attached hydrogens (tertiary/aromatic N) is 2. The van der Waals surface area contributed by atoms with Gasteiger partial charge in [-0.15, -0.1) is 0 Å². The Kier molecular flexibility index (Phi) is 4.22. The van der Waals surface area contributed by atoms with Gasteiger partial charge in [-0.05, 0) is 43.7 Å². The summed E-state index contributed by atoms with van der Waals surface area (Å²) in [5.41, 5.74) is 1.25. The van der Waals surface area contributed by atoms with Gasteiger partial charge < -0.3 is 14.8 Å². The molecular weight excluding hydrogens is 262 g/mol. The number of hydrogen-bond acceptors (Lipinski definition) is 1. The van der Waals surface area contributed by atoms with Crippen LogP contribution in [0.25, 0.3) is 0 Å². The predicted octanol–water partition coefficient (Wildman–Crippen LogP) is 3.45. The topological polar surface area (TPSA) is 37.3 Å². The molecule has 2 heterocycles. The lowest BCUT2D eigenvalue weighted by Crippen LogP contribution is -2.47. The minimum absolute atomic E-state index is 0.137. The van der Waals surface area contributed by atoms with Crippen molar-refractivity contribution in [3.63, 3.8) is 0 Å². The first kappa shape index (κ1) is 14.5. The van der Waals surface area contributed by atoms with E-state index in [2.05, 4.69) is 42.2 Å². The molecule has 116 valence electrons. The van der Waals surface area contributed by atoms with Gasteiger partial charge in [0.25, 0.3) is 0 Å². The van der Waals surface area contributed by atoms with E-state index in [0.29, 0.717) is 12.0 Å². The summed E-state index contributed by atoms with van der Waals surface area (Å²) < 4.78 is 2.14. The van der Waals surface area contributed by atoms with E-state index in [1.165, 1.54) is 25.0 Å². The predicted molar refractivity (Wildman–Crippen MR) is 84.0 cm³/mol. The summed E-state index contributed by atoms with van der Waals surface area (Å²) in [6.45, 7) is 3.14. The maximum absolute atomic E-state index is 12.7. The maximum atomic E-state index is 12.7. The Morgan fingerprint density at radius 3 is 2.76 bits per heavy atom. The third-order valence-corrected chi connectivity index (χ3v) is 5.26. The summed E-state index contributed by atoms with van der Waals surface area (Å²) in [5, 5.41) is 3.30. The minimum atomic E-state index is 0.137. The lowest BCUT2D eigenvalue weighted by atomic mass is 9.86. The van der Waals surface area contributed by atoms with Crippen molar-refractivity contribution in [2.24, 2.45) is 13.0 Å². The van der Waals surface area contributed by atoms with Crippen molar-refractivity contribution < 1.29 is 4.79 Å². The second-order valence-corrected chi connectivity index (χ2v) is 6.71. The number of carbonyl (C=O) groups is 1. The van der Waals surface area contributed by atoms with Crippen LogP contribution in [0, 0.1) is 5.92 Å². The van der Waals surface area contributed by atoms with Crippen molar-refractivity contribution in [2.45, 2.75) is 57.5 Å². The highest BCUT2D eigenvalue weighted by Gasteiger charge is 2.33. The van der Waals surface area contributed by atoms with E-state index in [9.17, 15) is 4.79 Å². The molecule has 1 saturated heterocycles. The van der Waals surface area contributed by atoms with E-state index in [-0.39, 0.29) is 12.1 Å². The molecule has 1 aromatic rings. The first-order valence-corrected chi connectivity index (χ1v) is 8.35. The van der Waals surface area contributed by atoms with E-state index in [1.807, 2.05) is 4.90 Å². The molecule has 3 unspecified atom stereocenters. The van der Waals surface area contributed by atoms with Crippen molar-refractivity contribution in [2.75, 3.05) is 6.54 Å². The summed E-state index contributed by atoms with van der Waals surface area (Å²) >= 11 is 0. The zero-order valence-corrected chi connectivity index (χ0v) is 13.2. The van der Waals surface area contributed by atoms with Crippen LogP contribution >= 0.6 is 0 Å². The van der Waals surface area contributed by atoms with E-state index in [0.717, 1.165) is 25.8 Å².